The maximum Gasteiger partial charge on any atom is 0.337 e. The molecular formula is C29H27NO6. The summed E-state index contributed by atoms with van der Waals surface area (Å²) in [5.74, 6) is -2.53. The van der Waals surface area contributed by atoms with Crippen molar-refractivity contribution in [3.05, 3.63) is 105 Å². The first-order valence-corrected chi connectivity index (χ1v) is 11.5. The minimum absolute atomic E-state index is 0.0317. The van der Waals surface area contributed by atoms with Crippen molar-refractivity contribution in [1.29, 1.82) is 0 Å². The van der Waals surface area contributed by atoms with E-state index >= 15 is 0 Å². The predicted molar refractivity (Wildman–Crippen MR) is 137 cm³/mol. The lowest BCUT2D eigenvalue weighted by atomic mass is 9.79. The lowest BCUT2D eigenvalue weighted by Crippen LogP contribution is -2.32. The first-order chi connectivity index (χ1) is 17.1. The number of hydrogen-bond acceptors (Lipinski definition) is 6. The number of carbonyl (C=O) groups is 2. The van der Waals surface area contributed by atoms with Crippen LogP contribution < -0.4 is 10.7 Å². The van der Waals surface area contributed by atoms with Crippen molar-refractivity contribution in [3.8, 4) is 11.3 Å². The summed E-state index contributed by atoms with van der Waals surface area (Å²) in [6, 6.07) is 14.2. The molecule has 4 rings (SSSR count). The summed E-state index contributed by atoms with van der Waals surface area (Å²) in [6.07, 6.45) is 0.890. The summed E-state index contributed by atoms with van der Waals surface area (Å²) >= 11 is 0. The molecule has 1 aromatic heterocycles. The number of benzene rings is 2. The van der Waals surface area contributed by atoms with Crippen LogP contribution in [0.3, 0.4) is 0 Å². The zero-order valence-electron chi connectivity index (χ0n) is 20.5. The number of hydrogen-bond donors (Lipinski definition) is 2. The number of fused-ring (bicyclic) bond motifs is 1. The Morgan fingerprint density at radius 1 is 1.06 bits per heavy atom. The monoisotopic (exact) mass is 485 g/mol. The smallest absolute Gasteiger partial charge is 0.337 e. The Morgan fingerprint density at radius 3 is 2.36 bits per heavy atom. The van der Waals surface area contributed by atoms with Gasteiger partial charge in [0.1, 0.15) is 17.4 Å². The molecule has 1 aliphatic rings. The van der Waals surface area contributed by atoms with Gasteiger partial charge in [-0.05, 0) is 33.8 Å². The molecule has 0 amide bonds. The minimum Gasteiger partial charge on any atom is -0.478 e. The van der Waals surface area contributed by atoms with Crippen molar-refractivity contribution in [3.63, 3.8) is 0 Å². The molecule has 7 nitrogen and oxygen atoms in total. The number of ether oxygens (including phenoxy) is 1. The number of para-hydroxylation sites is 1. The van der Waals surface area contributed by atoms with Crippen LogP contribution in [-0.2, 0) is 14.3 Å². The van der Waals surface area contributed by atoms with Gasteiger partial charge in [-0.1, -0.05) is 55.1 Å². The molecule has 0 spiro atoms. The molecule has 0 bridgehead atoms. The molecule has 2 N–H and O–H groups in total. The zero-order valence-corrected chi connectivity index (χ0v) is 20.5. The molecule has 0 saturated carbocycles. The van der Waals surface area contributed by atoms with Crippen molar-refractivity contribution >= 4 is 22.9 Å². The second-order valence-electron chi connectivity index (χ2n) is 8.76. The second kappa shape index (κ2) is 9.70. The molecule has 0 aliphatic carbocycles. The highest BCUT2D eigenvalue weighted by atomic mass is 16.5. The van der Waals surface area contributed by atoms with Crippen molar-refractivity contribution in [2.75, 3.05) is 0 Å². The first kappa shape index (κ1) is 24.7. The van der Waals surface area contributed by atoms with E-state index in [0.717, 1.165) is 0 Å². The van der Waals surface area contributed by atoms with Crippen molar-refractivity contribution in [1.82, 2.24) is 5.32 Å². The van der Waals surface area contributed by atoms with Crippen LogP contribution in [0.15, 0.2) is 92.9 Å². The highest BCUT2D eigenvalue weighted by Gasteiger charge is 2.39. The predicted octanol–water partition coefficient (Wildman–Crippen LogP) is 5.21. The van der Waals surface area contributed by atoms with Gasteiger partial charge in [-0.15, -0.1) is 0 Å². The number of rotatable bonds is 6. The fourth-order valence-electron chi connectivity index (χ4n) is 4.56. The third-order valence-corrected chi connectivity index (χ3v) is 6.36. The van der Waals surface area contributed by atoms with Gasteiger partial charge in [0.05, 0.1) is 22.5 Å². The first-order valence-electron chi connectivity index (χ1n) is 11.5. The van der Waals surface area contributed by atoms with Crippen LogP contribution in [0.4, 0.5) is 0 Å². The molecule has 2 unspecified atom stereocenters. The van der Waals surface area contributed by atoms with E-state index in [9.17, 15) is 19.5 Å². The summed E-state index contributed by atoms with van der Waals surface area (Å²) in [6.45, 7) is 10.3. The third kappa shape index (κ3) is 4.24. The second-order valence-corrected chi connectivity index (χ2v) is 8.76. The summed E-state index contributed by atoms with van der Waals surface area (Å²) < 4.78 is 11.9. The SMILES string of the molecule is C=CC(C)OC(=O)C1=C(C)NC(C)=C(C(=O)O)C1c1cccc2c(=O)c(C)c(-c3ccccc3)oc12. The molecule has 0 radical (unpaired) electrons. The molecule has 184 valence electrons. The van der Waals surface area contributed by atoms with Crippen LogP contribution in [-0.4, -0.2) is 23.1 Å². The molecule has 1 aliphatic heterocycles. The Bertz CT molecular complexity index is 1510. The van der Waals surface area contributed by atoms with Crippen LogP contribution in [0.1, 0.15) is 37.8 Å². The van der Waals surface area contributed by atoms with Gasteiger partial charge in [0, 0.05) is 28.1 Å². The number of nitrogens with one attached hydrogen (secondary N) is 1. The number of carboxylic acid groups (broad SMARTS) is 1. The highest BCUT2D eigenvalue weighted by molar-refractivity contribution is 6.01. The zero-order chi connectivity index (χ0) is 26.1. The summed E-state index contributed by atoms with van der Waals surface area (Å²) in [4.78, 5) is 39.2. The van der Waals surface area contributed by atoms with E-state index in [4.69, 9.17) is 9.15 Å². The molecule has 0 saturated heterocycles. The molecule has 0 fully saturated rings. The van der Waals surface area contributed by atoms with E-state index < -0.39 is 24.0 Å². The average Bonchev–Trinajstić information content (AvgIpc) is 2.85. The normalized spacial score (nSPS) is 16.5. The Morgan fingerprint density at radius 2 is 1.72 bits per heavy atom. The van der Waals surface area contributed by atoms with E-state index in [2.05, 4.69) is 11.9 Å². The van der Waals surface area contributed by atoms with Gasteiger partial charge in [-0.2, -0.15) is 0 Å². The van der Waals surface area contributed by atoms with Crippen LogP contribution in [0, 0.1) is 6.92 Å². The average molecular weight is 486 g/mol. The Labute approximate surface area is 208 Å². The molecule has 2 heterocycles. The maximum absolute atomic E-state index is 13.4. The largest absolute Gasteiger partial charge is 0.478 e. The topological polar surface area (TPSA) is 106 Å². The van der Waals surface area contributed by atoms with Crippen molar-refractivity contribution < 1.29 is 23.8 Å². The number of carboxylic acids is 1. The third-order valence-electron chi connectivity index (χ3n) is 6.36. The van der Waals surface area contributed by atoms with Gasteiger partial charge in [-0.25, -0.2) is 9.59 Å². The Kier molecular flexibility index (Phi) is 6.66. The Balaban J connectivity index is 2.05. The van der Waals surface area contributed by atoms with Crippen molar-refractivity contribution in [2.45, 2.75) is 39.7 Å². The lowest BCUT2D eigenvalue weighted by molar-refractivity contribution is -0.141. The maximum atomic E-state index is 13.4. The van der Waals surface area contributed by atoms with Crippen LogP contribution >= 0.6 is 0 Å². The molecule has 2 aromatic carbocycles. The number of carbonyl (C=O) groups excluding carboxylic acids is 1. The summed E-state index contributed by atoms with van der Waals surface area (Å²) in [7, 11) is 0. The number of esters is 1. The Hall–Kier alpha value is -4.39. The highest BCUT2D eigenvalue weighted by Crippen LogP contribution is 2.42. The van der Waals surface area contributed by atoms with E-state index in [1.165, 1.54) is 6.08 Å². The van der Waals surface area contributed by atoms with E-state index in [0.29, 0.717) is 39.2 Å². The summed E-state index contributed by atoms with van der Waals surface area (Å²) in [5, 5.41) is 13.5. The van der Waals surface area contributed by atoms with Gasteiger partial charge in [0.2, 0.25) is 0 Å². The lowest BCUT2D eigenvalue weighted by Gasteiger charge is -2.30. The molecule has 3 aromatic rings. The fraction of sp³-hybridized carbons (Fsp3) is 0.207. The number of dihydropyridines is 1. The van der Waals surface area contributed by atoms with E-state index in [1.807, 2.05) is 30.3 Å². The standard InChI is InChI=1S/C29H27NO6/c1-6-15(2)35-29(34)23-18(5)30-17(4)22(28(32)33)24(23)20-13-10-14-21-25(31)16(3)26(36-27(20)21)19-11-8-7-9-12-19/h6-15,24,30H,1H2,2-5H3,(H,32,33). The van der Waals surface area contributed by atoms with Gasteiger partial charge in [0.15, 0.2) is 5.43 Å². The number of aliphatic carboxylic acids is 1. The van der Waals surface area contributed by atoms with Crippen LogP contribution in [0.5, 0.6) is 0 Å². The van der Waals surface area contributed by atoms with Gasteiger partial charge < -0.3 is 19.6 Å². The fourth-order valence-corrected chi connectivity index (χ4v) is 4.56. The van der Waals surface area contributed by atoms with Gasteiger partial charge in [0.25, 0.3) is 0 Å². The van der Waals surface area contributed by atoms with Gasteiger partial charge >= 0.3 is 11.9 Å². The molecule has 7 heteroatoms. The minimum atomic E-state index is -1.20. The van der Waals surface area contributed by atoms with E-state index in [-0.39, 0.29) is 22.2 Å². The van der Waals surface area contributed by atoms with Gasteiger partial charge in [-0.3, -0.25) is 4.79 Å². The van der Waals surface area contributed by atoms with Crippen LogP contribution in [0.2, 0.25) is 0 Å². The van der Waals surface area contributed by atoms with Crippen molar-refractivity contribution in [2.24, 2.45) is 0 Å². The molecular weight excluding hydrogens is 458 g/mol. The summed E-state index contributed by atoms with van der Waals surface area (Å²) in [5.41, 5.74) is 2.47. The van der Waals surface area contributed by atoms with Crippen LogP contribution in [0.25, 0.3) is 22.3 Å². The van der Waals surface area contributed by atoms with E-state index in [1.54, 1.807) is 45.9 Å². The quantitative estimate of drug-likeness (QED) is 0.365. The molecule has 36 heavy (non-hydrogen) atoms. The number of allylic oxidation sites excluding steroid dienone is 2. The molecule has 2 atom stereocenters.